The van der Waals surface area contributed by atoms with Gasteiger partial charge in [-0.3, -0.25) is 10.1 Å². The number of guanidine groups is 1. The van der Waals surface area contributed by atoms with E-state index in [-0.39, 0.29) is 17.9 Å². The molecular formula is C18H18N4O2. The number of anilines is 1. The van der Waals surface area contributed by atoms with Crippen LogP contribution >= 0.6 is 0 Å². The molecule has 122 valence electrons. The van der Waals surface area contributed by atoms with Gasteiger partial charge < -0.3 is 10.2 Å². The summed E-state index contributed by atoms with van der Waals surface area (Å²) in [5, 5.41) is 5.33. The van der Waals surface area contributed by atoms with Gasteiger partial charge in [0.1, 0.15) is 6.04 Å². The van der Waals surface area contributed by atoms with E-state index in [0.717, 1.165) is 5.56 Å². The Kier molecular flexibility index (Phi) is 4.56. The summed E-state index contributed by atoms with van der Waals surface area (Å²) in [6.45, 7) is 0. The quantitative estimate of drug-likeness (QED) is 0.910. The third-order valence-electron chi connectivity index (χ3n) is 3.84. The minimum atomic E-state index is -0.524. The van der Waals surface area contributed by atoms with Gasteiger partial charge in [-0.25, -0.2) is 4.79 Å². The Balaban J connectivity index is 1.68. The van der Waals surface area contributed by atoms with Crippen molar-refractivity contribution in [2.45, 2.75) is 12.5 Å². The number of rotatable bonds is 3. The van der Waals surface area contributed by atoms with Gasteiger partial charge in [0.25, 0.3) is 0 Å². The number of nitrogens with zero attached hydrogens (tertiary/aromatic N) is 2. The number of nitrogens with one attached hydrogen (secondary N) is 2. The second-order valence-electron chi connectivity index (χ2n) is 5.54. The van der Waals surface area contributed by atoms with Gasteiger partial charge in [-0.2, -0.15) is 4.99 Å². The van der Waals surface area contributed by atoms with Crippen LogP contribution in [0.1, 0.15) is 5.56 Å². The lowest BCUT2D eigenvalue weighted by Gasteiger charge is -2.18. The summed E-state index contributed by atoms with van der Waals surface area (Å²) >= 11 is 0. The fourth-order valence-corrected chi connectivity index (χ4v) is 2.55. The minimum Gasteiger partial charge on any atom is -0.333 e. The number of urea groups is 1. The van der Waals surface area contributed by atoms with Crippen LogP contribution in [0.25, 0.3) is 0 Å². The summed E-state index contributed by atoms with van der Waals surface area (Å²) in [6.07, 6.45) is 0.558. The summed E-state index contributed by atoms with van der Waals surface area (Å²) in [5.41, 5.74) is 1.71. The second-order valence-corrected chi connectivity index (χ2v) is 5.54. The molecule has 3 amide bonds. The van der Waals surface area contributed by atoms with E-state index < -0.39 is 6.03 Å². The molecule has 2 N–H and O–H groups in total. The first-order valence-electron chi connectivity index (χ1n) is 7.66. The van der Waals surface area contributed by atoms with Gasteiger partial charge in [0.15, 0.2) is 0 Å². The Morgan fingerprint density at radius 1 is 1.12 bits per heavy atom. The van der Waals surface area contributed by atoms with E-state index in [1.165, 1.54) is 0 Å². The summed E-state index contributed by atoms with van der Waals surface area (Å²) in [5.74, 6) is 0.0991. The molecule has 0 bridgehead atoms. The maximum absolute atomic E-state index is 12.2. The Labute approximate surface area is 140 Å². The van der Waals surface area contributed by atoms with Crippen LogP contribution < -0.4 is 10.6 Å². The molecule has 0 aliphatic carbocycles. The Bertz CT molecular complexity index is 759. The molecule has 2 aromatic rings. The molecule has 1 atom stereocenters. The highest BCUT2D eigenvalue weighted by Crippen LogP contribution is 2.13. The Morgan fingerprint density at radius 3 is 2.42 bits per heavy atom. The summed E-state index contributed by atoms with van der Waals surface area (Å²) < 4.78 is 0. The Hall–Kier alpha value is -3.15. The van der Waals surface area contributed by atoms with Crippen LogP contribution in [0.4, 0.5) is 10.5 Å². The van der Waals surface area contributed by atoms with Gasteiger partial charge in [-0.05, 0) is 17.7 Å². The Morgan fingerprint density at radius 2 is 1.75 bits per heavy atom. The topological polar surface area (TPSA) is 73.8 Å². The molecule has 1 unspecified atom stereocenters. The van der Waals surface area contributed by atoms with Gasteiger partial charge in [-0.1, -0.05) is 48.5 Å². The number of benzene rings is 2. The first kappa shape index (κ1) is 15.7. The molecule has 24 heavy (non-hydrogen) atoms. The fraction of sp³-hybridized carbons (Fsp3) is 0.167. The largest absolute Gasteiger partial charge is 0.348 e. The number of carbonyl (C=O) groups excluding carboxylic acids is 2. The van der Waals surface area contributed by atoms with Gasteiger partial charge in [-0.15, -0.1) is 0 Å². The maximum atomic E-state index is 12.2. The molecule has 1 fully saturated rings. The van der Waals surface area contributed by atoms with E-state index in [4.69, 9.17) is 0 Å². The fourth-order valence-electron chi connectivity index (χ4n) is 2.55. The summed E-state index contributed by atoms with van der Waals surface area (Å²) in [6, 6.07) is 17.9. The number of likely N-dealkylation sites (N-methyl/N-ethyl adjacent to an activating group) is 1. The third kappa shape index (κ3) is 3.60. The smallest absolute Gasteiger partial charge is 0.333 e. The van der Waals surface area contributed by atoms with Crippen LogP contribution in [0.3, 0.4) is 0 Å². The van der Waals surface area contributed by atoms with Crippen LogP contribution in [0, 0.1) is 0 Å². The molecule has 0 spiro atoms. The van der Waals surface area contributed by atoms with Crippen LogP contribution in [-0.2, 0) is 11.2 Å². The second kappa shape index (κ2) is 6.95. The summed E-state index contributed by atoms with van der Waals surface area (Å²) in [4.78, 5) is 29.8. The lowest BCUT2D eigenvalue weighted by Crippen LogP contribution is -2.34. The van der Waals surface area contributed by atoms with Crippen molar-refractivity contribution >= 4 is 23.6 Å². The molecule has 1 saturated heterocycles. The van der Waals surface area contributed by atoms with Crippen molar-refractivity contribution < 1.29 is 9.59 Å². The van der Waals surface area contributed by atoms with E-state index in [0.29, 0.717) is 12.1 Å². The zero-order valence-corrected chi connectivity index (χ0v) is 13.3. The molecule has 0 saturated carbocycles. The number of hydrogen-bond donors (Lipinski definition) is 2. The zero-order valence-electron chi connectivity index (χ0n) is 13.3. The number of hydrogen-bond acceptors (Lipinski definition) is 2. The van der Waals surface area contributed by atoms with E-state index >= 15 is 0 Å². The number of para-hydroxylation sites is 1. The van der Waals surface area contributed by atoms with Gasteiger partial charge in [0.2, 0.25) is 11.9 Å². The molecule has 1 aliphatic heterocycles. The monoisotopic (exact) mass is 322 g/mol. The summed E-state index contributed by atoms with van der Waals surface area (Å²) in [7, 11) is 1.75. The van der Waals surface area contributed by atoms with Gasteiger partial charge in [0, 0.05) is 19.2 Å². The first-order valence-corrected chi connectivity index (χ1v) is 7.66. The predicted octanol–water partition coefficient (Wildman–Crippen LogP) is 2.25. The van der Waals surface area contributed by atoms with Crippen LogP contribution in [0.2, 0.25) is 0 Å². The highest BCUT2D eigenvalue weighted by Gasteiger charge is 2.34. The SMILES string of the molecule is CN1/C(=N/C(=O)Nc2ccccc2)NC(=O)C1Cc1ccccc1. The van der Waals surface area contributed by atoms with Crippen molar-refractivity contribution in [3.05, 3.63) is 66.2 Å². The third-order valence-corrected chi connectivity index (χ3v) is 3.84. The lowest BCUT2D eigenvalue weighted by molar-refractivity contribution is -0.121. The molecule has 3 rings (SSSR count). The molecule has 2 aromatic carbocycles. The zero-order chi connectivity index (χ0) is 16.9. The van der Waals surface area contributed by atoms with Crippen molar-refractivity contribution in [2.24, 2.45) is 4.99 Å². The van der Waals surface area contributed by atoms with E-state index in [1.807, 2.05) is 48.5 Å². The molecule has 6 heteroatoms. The van der Waals surface area contributed by atoms with Gasteiger partial charge in [0.05, 0.1) is 0 Å². The average Bonchev–Trinajstić information content (AvgIpc) is 2.84. The van der Waals surface area contributed by atoms with Crippen molar-refractivity contribution in [1.82, 2.24) is 10.2 Å². The van der Waals surface area contributed by atoms with Crippen LogP contribution in [0.5, 0.6) is 0 Å². The average molecular weight is 322 g/mol. The number of carbonyl (C=O) groups is 2. The van der Waals surface area contributed by atoms with Crippen LogP contribution in [-0.4, -0.2) is 35.9 Å². The molecule has 1 heterocycles. The maximum Gasteiger partial charge on any atom is 0.348 e. The van der Waals surface area contributed by atoms with Crippen molar-refractivity contribution in [3.63, 3.8) is 0 Å². The van der Waals surface area contributed by atoms with Crippen molar-refractivity contribution in [3.8, 4) is 0 Å². The molecular weight excluding hydrogens is 304 g/mol. The standard InChI is InChI=1S/C18H18N4O2/c1-22-15(12-13-8-4-2-5-9-13)16(23)20-17(22)21-18(24)19-14-10-6-3-7-11-14/h2-11,15H,12H2,1H3,(H2,19,20,21,23,24). The van der Waals surface area contributed by atoms with Crippen molar-refractivity contribution in [2.75, 3.05) is 12.4 Å². The lowest BCUT2D eigenvalue weighted by atomic mass is 10.1. The molecule has 0 radical (unpaired) electrons. The van der Waals surface area contributed by atoms with Crippen LogP contribution in [0.15, 0.2) is 65.7 Å². The number of aliphatic imine (C=N–C) groups is 1. The van der Waals surface area contributed by atoms with Gasteiger partial charge >= 0.3 is 6.03 Å². The van der Waals surface area contributed by atoms with E-state index in [9.17, 15) is 9.59 Å². The molecule has 1 aliphatic rings. The first-order chi connectivity index (χ1) is 11.6. The highest BCUT2D eigenvalue weighted by molar-refractivity contribution is 6.10. The normalized spacial score (nSPS) is 18.5. The predicted molar refractivity (Wildman–Crippen MR) is 92.7 cm³/mol. The van der Waals surface area contributed by atoms with Crippen molar-refractivity contribution in [1.29, 1.82) is 0 Å². The number of amides is 3. The molecule has 0 aromatic heterocycles. The highest BCUT2D eigenvalue weighted by atomic mass is 16.2. The van der Waals surface area contributed by atoms with E-state index in [1.54, 1.807) is 24.1 Å². The van der Waals surface area contributed by atoms with E-state index in [2.05, 4.69) is 15.6 Å². The minimum absolute atomic E-state index is 0.160. The molecule has 6 nitrogen and oxygen atoms in total.